The molecule has 0 atom stereocenters. The summed E-state index contributed by atoms with van der Waals surface area (Å²) in [6.45, 7) is 0. The number of halogens is 1. The van der Waals surface area contributed by atoms with Gasteiger partial charge >= 0.3 is 0 Å². The van der Waals surface area contributed by atoms with E-state index in [9.17, 15) is 0 Å². The fourth-order valence-corrected chi connectivity index (χ4v) is 4.30. The topological polar surface area (TPSA) is 61.6 Å². The second kappa shape index (κ2) is 8.88. The Bertz CT molecular complexity index is 1300. The van der Waals surface area contributed by atoms with Crippen LogP contribution in [0.1, 0.15) is 16.7 Å². The van der Waals surface area contributed by atoms with Crippen molar-refractivity contribution >= 4 is 45.8 Å². The minimum atomic E-state index is 0.639. The fraction of sp³-hybridized carbons (Fsp3) is 0.0417. The van der Waals surface area contributed by atoms with Gasteiger partial charge in [-0.05, 0) is 48.0 Å². The van der Waals surface area contributed by atoms with E-state index in [4.69, 9.17) is 23.3 Å². The second-order valence-electron chi connectivity index (χ2n) is 6.44. The van der Waals surface area contributed by atoms with Gasteiger partial charge in [0.25, 0.3) is 0 Å². The molecule has 3 aromatic carbocycles. The van der Waals surface area contributed by atoms with Crippen molar-refractivity contribution in [2.45, 2.75) is 10.6 Å². The molecule has 0 radical (unpaired) electrons. The molecule has 1 N–H and O–H groups in total. The van der Waals surface area contributed by atoms with Gasteiger partial charge in [-0.2, -0.15) is 5.26 Å². The lowest BCUT2D eigenvalue weighted by molar-refractivity contribution is 1.20. The Kier molecular flexibility index (Phi) is 5.86. The van der Waals surface area contributed by atoms with Crippen molar-refractivity contribution < 1.29 is 0 Å². The van der Waals surface area contributed by atoms with E-state index in [0.29, 0.717) is 22.2 Å². The summed E-state index contributed by atoms with van der Waals surface area (Å²) in [6, 6.07) is 21.0. The molecule has 0 unspecified atom stereocenters. The Morgan fingerprint density at radius 1 is 1.03 bits per heavy atom. The molecule has 0 saturated carbocycles. The first-order valence-corrected chi connectivity index (χ1v) is 10.4. The van der Waals surface area contributed by atoms with Crippen LogP contribution in [0, 0.1) is 23.7 Å². The number of terminal acetylenes is 1. The Morgan fingerprint density at radius 3 is 2.63 bits per heavy atom. The van der Waals surface area contributed by atoms with Crippen molar-refractivity contribution in [1.82, 2.24) is 9.97 Å². The molecule has 4 aromatic rings. The number of nitrogens with zero attached hydrogens (tertiary/aromatic N) is 3. The van der Waals surface area contributed by atoms with E-state index in [-0.39, 0.29) is 0 Å². The Balaban J connectivity index is 1.65. The summed E-state index contributed by atoms with van der Waals surface area (Å²) < 4.78 is 0. The van der Waals surface area contributed by atoms with Crippen LogP contribution in [0.25, 0.3) is 10.9 Å². The zero-order chi connectivity index (χ0) is 20.9. The second-order valence-corrected chi connectivity index (χ2v) is 7.84. The van der Waals surface area contributed by atoms with Crippen LogP contribution in [-0.4, -0.2) is 9.97 Å². The minimum Gasteiger partial charge on any atom is -0.340 e. The predicted molar refractivity (Wildman–Crippen MR) is 123 cm³/mol. The third-order valence-corrected chi connectivity index (χ3v) is 6.08. The third-order valence-electron chi connectivity index (χ3n) is 4.47. The van der Waals surface area contributed by atoms with E-state index in [1.165, 1.54) is 6.33 Å². The highest BCUT2D eigenvalue weighted by Gasteiger charge is 2.13. The van der Waals surface area contributed by atoms with E-state index in [1.54, 1.807) is 11.8 Å². The molecule has 0 aliphatic heterocycles. The summed E-state index contributed by atoms with van der Waals surface area (Å²) >= 11 is 8.11. The van der Waals surface area contributed by atoms with Crippen LogP contribution < -0.4 is 5.32 Å². The molecule has 4 nitrogen and oxygen atoms in total. The number of hydrogen-bond acceptors (Lipinski definition) is 5. The Morgan fingerprint density at radius 2 is 1.87 bits per heavy atom. The lowest BCUT2D eigenvalue weighted by Crippen LogP contribution is -1.97. The average Bonchev–Trinajstić information content (AvgIpc) is 2.79. The highest BCUT2D eigenvalue weighted by atomic mass is 35.5. The molecule has 0 aliphatic carbocycles. The van der Waals surface area contributed by atoms with E-state index in [0.717, 1.165) is 32.6 Å². The number of benzene rings is 3. The molecule has 1 aromatic heterocycles. The number of rotatable bonds is 5. The van der Waals surface area contributed by atoms with Crippen LogP contribution in [0.15, 0.2) is 71.9 Å². The lowest BCUT2D eigenvalue weighted by atomic mass is 10.2. The summed E-state index contributed by atoms with van der Waals surface area (Å²) in [6.07, 6.45) is 7.03. The molecule has 0 saturated heterocycles. The first kappa shape index (κ1) is 19.8. The number of anilines is 2. The van der Waals surface area contributed by atoms with Crippen LogP contribution in [-0.2, 0) is 5.75 Å². The van der Waals surface area contributed by atoms with Crippen LogP contribution >= 0.6 is 23.4 Å². The van der Waals surface area contributed by atoms with Crippen LogP contribution in [0.3, 0.4) is 0 Å². The SMILES string of the molecule is C#Cc1cccc(Nc2ncnc3c(SCc4ccc(C#N)cc4)c(Cl)ccc23)c1. The van der Waals surface area contributed by atoms with Gasteiger partial charge < -0.3 is 5.32 Å². The maximum absolute atomic E-state index is 8.95. The number of thioether (sulfide) groups is 1. The largest absolute Gasteiger partial charge is 0.340 e. The van der Waals surface area contributed by atoms with Gasteiger partial charge in [0.2, 0.25) is 0 Å². The summed E-state index contributed by atoms with van der Waals surface area (Å²) in [5.74, 6) is 4.03. The van der Waals surface area contributed by atoms with Crippen molar-refractivity contribution in [3.8, 4) is 18.4 Å². The van der Waals surface area contributed by atoms with Gasteiger partial charge in [-0.3, -0.25) is 0 Å². The van der Waals surface area contributed by atoms with Crippen molar-refractivity contribution in [1.29, 1.82) is 5.26 Å². The Hall–Kier alpha value is -3.51. The molecule has 144 valence electrons. The minimum absolute atomic E-state index is 0.639. The zero-order valence-electron chi connectivity index (χ0n) is 15.8. The van der Waals surface area contributed by atoms with Crippen molar-refractivity contribution in [2.75, 3.05) is 5.32 Å². The average molecular weight is 427 g/mol. The summed E-state index contributed by atoms with van der Waals surface area (Å²) in [5.41, 5.74) is 4.17. The fourth-order valence-electron chi connectivity index (χ4n) is 2.97. The first-order chi connectivity index (χ1) is 14.7. The highest BCUT2D eigenvalue weighted by molar-refractivity contribution is 7.98. The van der Waals surface area contributed by atoms with E-state index in [2.05, 4.69) is 27.3 Å². The van der Waals surface area contributed by atoms with Crippen LogP contribution in [0.5, 0.6) is 0 Å². The molecule has 6 heteroatoms. The van der Waals surface area contributed by atoms with Crippen molar-refractivity contribution in [3.63, 3.8) is 0 Å². The van der Waals surface area contributed by atoms with Gasteiger partial charge in [-0.1, -0.05) is 35.7 Å². The van der Waals surface area contributed by atoms with Gasteiger partial charge in [-0.25, -0.2) is 9.97 Å². The van der Waals surface area contributed by atoms with Crippen molar-refractivity contribution in [3.05, 3.63) is 88.7 Å². The molecular weight excluding hydrogens is 412 g/mol. The van der Waals surface area contributed by atoms with E-state index in [1.807, 2.05) is 60.7 Å². The monoisotopic (exact) mass is 426 g/mol. The predicted octanol–water partition coefficient (Wildman–Crippen LogP) is 6.17. The smallest absolute Gasteiger partial charge is 0.141 e. The van der Waals surface area contributed by atoms with Crippen LogP contribution in [0.4, 0.5) is 11.5 Å². The molecule has 0 fully saturated rings. The maximum Gasteiger partial charge on any atom is 0.141 e. The van der Waals surface area contributed by atoms with Gasteiger partial charge in [-0.15, -0.1) is 18.2 Å². The molecule has 1 heterocycles. The number of hydrogen-bond donors (Lipinski definition) is 1. The molecule has 0 bridgehead atoms. The zero-order valence-corrected chi connectivity index (χ0v) is 17.3. The first-order valence-electron chi connectivity index (χ1n) is 9.06. The lowest BCUT2D eigenvalue weighted by Gasteiger charge is -2.12. The highest BCUT2D eigenvalue weighted by Crippen LogP contribution is 2.37. The van der Waals surface area contributed by atoms with E-state index < -0.39 is 0 Å². The third kappa shape index (κ3) is 4.23. The molecule has 0 amide bonds. The molecular formula is C24H15ClN4S. The van der Waals surface area contributed by atoms with Crippen LogP contribution in [0.2, 0.25) is 5.02 Å². The molecule has 0 aliphatic rings. The van der Waals surface area contributed by atoms with Gasteiger partial charge in [0.15, 0.2) is 0 Å². The summed E-state index contributed by atoms with van der Waals surface area (Å²) in [5, 5.41) is 13.8. The normalized spacial score (nSPS) is 10.4. The molecule has 4 rings (SSSR count). The van der Waals surface area contributed by atoms with E-state index >= 15 is 0 Å². The number of nitrogens with one attached hydrogen (secondary N) is 1. The Labute approximate surface area is 183 Å². The summed E-state index contributed by atoms with van der Waals surface area (Å²) in [4.78, 5) is 9.78. The van der Waals surface area contributed by atoms with Gasteiger partial charge in [0, 0.05) is 22.4 Å². The number of fused-ring (bicyclic) bond motifs is 1. The molecule has 30 heavy (non-hydrogen) atoms. The van der Waals surface area contributed by atoms with Gasteiger partial charge in [0.1, 0.15) is 12.1 Å². The maximum atomic E-state index is 8.95. The number of aromatic nitrogens is 2. The summed E-state index contributed by atoms with van der Waals surface area (Å²) in [7, 11) is 0. The standard InChI is InChI=1S/C24H15ClN4S/c1-2-16-4-3-5-19(12-16)29-24-20-10-11-21(25)23(22(20)27-15-28-24)30-14-18-8-6-17(13-26)7-9-18/h1,3-12,15H,14H2,(H,27,28,29). The quantitative estimate of drug-likeness (QED) is 0.305. The number of nitriles is 1. The van der Waals surface area contributed by atoms with Crippen molar-refractivity contribution in [2.24, 2.45) is 0 Å². The molecule has 0 spiro atoms. The van der Waals surface area contributed by atoms with Gasteiger partial charge in [0.05, 0.1) is 27.1 Å².